The zero-order valence-corrected chi connectivity index (χ0v) is 14.8. The quantitative estimate of drug-likeness (QED) is 0.518. The molecule has 0 N–H and O–H groups in total. The molecule has 126 valence electrons. The van der Waals surface area contributed by atoms with Gasteiger partial charge in [0.1, 0.15) is 6.54 Å². The predicted octanol–water partition coefficient (Wildman–Crippen LogP) is 3.38. The molecule has 0 aliphatic heterocycles. The summed E-state index contributed by atoms with van der Waals surface area (Å²) in [5.41, 5.74) is 1.45. The van der Waals surface area contributed by atoms with Crippen LogP contribution in [0.25, 0.3) is 0 Å². The summed E-state index contributed by atoms with van der Waals surface area (Å²) < 4.78 is 1.11. The second-order valence-electron chi connectivity index (χ2n) is 6.56. The molecule has 0 saturated carbocycles. The van der Waals surface area contributed by atoms with Gasteiger partial charge in [-0.2, -0.15) is 0 Å². The van der Waals surface area contributed by atoms with Crippen LogP contribution in [0.15, 0.2) is 30.3 Å². The molecule has 1 rings (SSSR count). The summed E-state index contributed by atoms with van der Waals surface area (Å²) in [6.45, 7) is 5.69. The van der Waals surface area contributed by atoms with Crippen molar-refractivity contribution < 1.29 is 14.4 Å². The predicted molar refractivity (Wildman–Crippen MR) is 91.2 cm³/mol. The van der Waals surface area contributed by atoms with Crippen molar-refractivity contribution in [2.75, 3.05) is 20.6 Å². The Hall–Kier alpha value is -1.35. The Morgan fingerprint density at radius 1 is 1.00 bits per heavy atom. The molecule has 1 aromatic carbocycles. The summed E-state index contributed by atoms with van der Waals surface area (Å²) in [4.78, 5) is 8.89. The summed E-state index contributed by atoms with van der Waals surface area (Å²) in [6.07, 6.45) is 8.35. The number of quaternary nitrogens is 1. The molecule has 0 heterocycles. The first-order valence-corrected chi connectivity index (χ1v) is 8.41. The lowest BCUT2D eigenvalue weighted by Crippen LogP contribution is -2.39. The molecule has 22 heavy (non-hydrogen) atoms. The Bertz CT molecular complexity index is 384. The highest BCUT2D eigenvalue weighted by Gasteiger charge is 2.14. The van der Waals surface area contributed by atoms with E-state index in [9.17, 15) is 0 Å². The van der Waals surface area contributed by atoms with Gasteiger partial charge in [0.25, 0.3) is 0 Å². The van der Waals surface area contributed by atoms with Crippen LogP contribution in [0.2, 0.25) is 0 Å². The van der Waals surface area contributed by atoms with E-state index in [2.05, 4.69) is 51.4 Å². The lowest BCUT2D eigenvalue weighted by atomic mass is 10.1. The first-order valence-electron chi connectivity index (χ1n) is 8.41. The van der Waals surface area contributed by atoms with Crippen LogP contribution in [0.3, 0.4) is 0 Å². The van der Waals surface area contributed by atoms with Crippen LogP contribution in [0.1, 0.15) is 57.9 Å². The first-order chi connectivity index (χ1) is 10.4. The molecular weight excluding hydrogens is 274 g/mol. The molecule has 0 atom stereocenters. The molecule has 3 heteroatoms. The summed E-state index contributed by atoms with van der Waals surface area (Å²) in [5.74, 6) is -1.08. The molecule has 1 aromatic rings. The second kappa shape index (κ2) is 12.2. The summed E-state index contributed by atoms with van der Waals surface area (Å²) in [5, 5.41) is 8.89. The fourth-order valence-corrected chi connectivity index (χ4v) is 2.48. The van der Waals surface area contributed by atoms with E-state index in [-0.39, 0.29) is 0 Å². The van der Waals surface area contributed by atoms with Crippen molar-refractivity contribution in [3.8, 4) is 0 Å². The van der Waals surface area contributed by atoms with E-state index >= 15 is 0 Å². The molecule has 0 amide bonds. The molecule has 0 spiro atoms. The van der Waals surface area contributed by atoms with Gasteiger partial charge in [0.05, 0.1) is 20.6 Å². The molecule has 0 radical (unpaired) electrons. The lowest BCUT2D eigenvalue weighted by Gasteiger charge is -2.30. The minimum absolute atomic E-state index is 0.972. The number of unbranched alkanes of at least 4 members (excludes halogenated alkanes) is 5. The normalized spacial score (nSPS) is 10.7. The van der Waals surface area contributed by atoms with Crippen LogP contribution in [-0.4, -0.2) is 31.1 Å². The number of aliphatic carboxylic acids is 1. The highest BCUT2D eigenvalue weighted by atomic mass is 16.4. The second-order valence-corrected chi connectivity index (χ2v) is 6.56. The third-order valence-electron chi connectivity index (χ3n) is 3.57. The van der Waals surface area contributed by atoms with E-state index in [1.807, 2.05) is 0 Å². The van der Waals surface area contributed by atoms with E-state index < -0.39 is 5.97 Å². The van der Waals surface area contributed by atoms with Gasteiger partial charge in [0, 0.05) is 11.5 Å². The Kier molecular flexibility index (Phi) is 11.5. The fraction of sp³-hybridized carbons (Fsp3) is 0.632. The van der Waals surface area contributed by atoms with Crippen molar-refractivity contribution in [2.24, 2.45) is 0 Å². The number of rotatable bonds is 9. The molecule has 0 aliphatic carbocycles. The van der Waals surface area contributed by atoms with Crippen molar-refractivity contribution >= 4 is 5.97 Å². The minimum Gasteiger partial charge on any atom is -0.550 e. The SMILES string of the molecule is CC(=O)[O-].CCCCCCCC[N+](C)(C)Cc1ccccc1. The zero-order valence-electron chi connectivity index (χ0n) is 14.8. The van der Waals surface area contributed by atoms with Crippen molar-refractivity contribution in [3.05, 3.63) is 35.9 Å². The van der Waals surface area contributed by atoms with Gasteiger partial charge in [0.15, 0.2) is 0 Å². The van der Waals surface area contributed by atoms with Crippen LogP contribution >= 0.6 is 0 Å². The number of carbonyl (C=O) groups is 1. The summed E-state index contributed by atoms with van der Waals surface area (Å²) >= 11 is 0. The van der Waals surface area contributed by atoms with Crippen molar-refractivity contribution in [2.45, 2.75) is 58.9 Å². The number of carboxylic acids is 1. The third-order valence-corrected chi connectivity index (χ3v) is 3.57. The molecule has 0 bridgehead atoms. The Morgan fingerprint density at radius 3 is 2.05 bits per heavy atom. The smallest absolute Gasteiger partial charge is 0.104 e. The molecular formula is C19H33NO2. The Morgan fingerprint density at radius 2 is 1.50 bits per heavy atom. The number of carbonyl (C=O) groups excluding carboxylic acids is 1. The van der Waals surface area contributed by atoms with E-state index in [4.69, 9.17) is 9.90 Å². The molecule has 0 saturated heterocycles. The highest BCUT2D eigenvalue weighted by molar-refractivity contribution is 5.60. The molecule has 0 fully saturated rings. The van der Waals surface area contributed by atoms with Crippen LogP contribution in [-0.2, 0) is 11.3 Å². The van der Waals surface area contributed by atoms with Gasteiger partial charge >= 0.3 is 0 Å². The first kappa shape index (κ1) is 20.6. The van der Waals surface area contributed by atoms with Gasteiger partial charge < -0.3 is 14.4 Å². The molecule has 0 aliphatic rings. The molecule has 0 aromatic heterocycles. The van der Waals surface area contributed by atoms with Gasteiger partial charge in [-0.1, -0.05) is 62.9 Å². The van der Waals surface area contributed by atoms with Gasteiger partial charge in [-0.25, -0.2) is 0 Å². The number of carboxylic acid groups (broad SMARTS) is 1. The number of benzene rings is 1. The summed E-state index contributed by atoms with van der Waals surface area (Å²) in [6, 6.07) is 10.8. The van der Waals surface area contributed by atoms with Gasteiger partial charge in [-0.15, -0.1) is 0 Å². The van der Waals surface area contributed by atoms with Crippen LogP contribution in [0, 0.1) is 0 Å². The van der Waals surface area contributed by atoms with Crippen LogP contribution in [0.4, 0.5) is 0 Å². The van der Waals surface area contributed by atoms with Crippen LogP contribution in [0.5, 0.6) is 0 Å². The molecule has 0 unspecified atom stereocenters. The van der Waals surface area contributed by atoms with Gasteiger partial charge in [0.2, 0.25) is 0 Å². The average Bonchev–Trinajstić information content (AvgIpc) is 2.42. The maximum Gasteiger partial charge on any atom is 0.104 e. The number of hydrogen-bond donors (Lipinski definition) is 0. The Labute approximate surface area is 136 Å². The average molecular weight is 307 g/mol. The van der Waals surface area contributed by atoms with E-state index in [1.54, 1.807) is 0 Å². The summed E-state index contributed by atoms with van der Waals surface area (Å²) in [7, 11) is 4.69. The molecule has 3 nitrogen and oxygen atoms in total. The monoisotopic (exact) mass is 307 g/mol. The largest absolute Gasteiger partial charge is 0.550 e. The third kappa shape index (κ3) is 13.6. The van der Waals surface area contributed by atoms with E-state index in [0.29, 0.717) is 0 Å². The van der Waals surface area contributed by atoms with Gasteiger partial charge in [-0.3, -0.25) is 0 Å². The standard InChI is InChI=1S/C17H30N.C2H4O2/c1-4-5-6-7-8-12-15-18(2,3)16-17-13-10-9-11-14-17;1-2(3)4/h9-11,13-14H,4-8,12,15-16H2,1-3H3;1H3,(H,3,4)/q+1;/p-1. The topological polar surface area (TPSA) is 40.1 Å². The minimum atomic E-state index is -1.08. The maximum absolute atomic E-state index is 8.89. The van der Waals surface area contributed by atoms with Crippen molar-refractivity contribution in [3.63, 3.8) is 0 Å². The highest BCUT2D eigenvalue weighted by Crippen LogP contribution is 2.12. The maximum atomic E-state index is 8.89. The Balaban J connectivity index is 0.000000980. The van der Waals surface area contributed by atoms with E-state index in [1.165, 1.54) is 50.6 Å². The number of hydrogen-bond acceptors (Lipinski definition) is 2. The lowest BCUT2D eigenvalue weighted by molar-refractivity contribution is -0.903. The van der Waals surface area contributed by atoms with Crippen molar-refractivity contribution in [1.29, 1.82) is 0 Å². The van der Waals surface area contributed by atoms with E-state index in [0.717, 1.165) is 18.0 Å². The number of nitrogens with zero attached hydrogens (tertiary/aromatic N) is 1. The van der Waals surface area contributed by atoms with Crippen LogP contribution < -0.4 is 5.11 Å². The zero-order chi connectivity index (χ0) is 16.8. The van der Waals surface area contributed by atoms with Gasteiger partial charge in [-0.05, 0) is 19.8 Å². The fourth-order valence-electron chi connectivity index (χ4n) is 2.48. The van der Waals surface area contributed by atoms with Crippen molar-refractivity contribution in [1.82, 2.24) is 0 Å².